The van der Waals surface area contributed by atoms with Gasteiger partial charge in [-0.3, -0.25) is 0 Å². The van der Waals surface area contributed by atoms with Crippen molar-refractivity contribution in [3.8, 4) is 0 Å². The molecule has 82 valence electrons. The Balaban J connectivity index is 2.22. The second kappa shape index (κ2) is 4.20. The van der Waals surface area contributed by atoms with Crippen LogP contribution >= 0.6 is 15.9 Å². The first-order valence-corrected chi connectivity index (χ1v) is 5.99. The zero-order valence-electron chi connectivity index (χ0n) is 8.49. The number of hydrogen-bond acceptors (Lipinski definition) is 3. The largest absolute Gasteiger partial charge is 0.393 e. The second-order valence-electron chi connectivity index (χ2n) is 4.23. The molecule has 2 rings (SSSR count). The van der Waals surface area contributed by atoms with Crippen LogP contribution in [0.15, 0.2) is 22.8 Å². The molecule has 0 atom stereocenters. The summed E-state index contributed by atoms with van der Waals surface area (Å²) >= 11 is 3.35. The van der Waals surface area contributed by atoms with Gasteiger partial charge in [-0.2, -0.15) is 0 Å². The Morgan fingerprint density at radius 2 is 2.07 bits per heavy atom. The van der Waals surface area contributed by atoms with E-state index in [4.69, 9.17) is 5.73 Å². The van der Waals surface area contributed by atoms with Gasteiger partial charge < -0.3 is 10.8 Å². The van der Waals surface area contributed by atoms with E-state index in [0.29, 0.717) is 0 Å². The Morgan fingerprint density at radius 3 is 2.67 bits per heavy atom. The molecule has 1 saturated carbocycles. The number of nitrogens with zero attached hydrogens (tertiary/aromatic N) is 1. The third kappa shape index (κ3) is 2.38. The lowest BCUT2D eigenvalue weighted by Crippen LogP contribution is -2.42. The lowest BCUT2D eigenvalue weighted by molar-refractivity contribution is 0.0956. The topological polar surface area (TPSA) is 59.1 Å². The summed E-state index contributed by atoms with van der Waals surface area (Å²) in [5.41, 5.74) is 6.88. The fourth-order valence-electron chi connectivity index (χ4n) is 2.06. The van der Waals surface area contributed by atoms with Gasteiger partial charge >= 0.3 is 0 Å². The number of aliphatic hydroxyl groups excluding tert-OH is 1. The van der Waals surface area contributed by atoms with Crippen molar-refractivity contribution in [2.45, 2.75) is 37.3 Å². The third-order valence-electron chi connectivity index (χ3n) is 3.07. The first-order chi connectivity index (χ1) is 7.10. The van der Waals surface area contributed by atoms with Crippen LogP contribution < -0.4 is 5.73 Å². The molecule has 1 fully saturated rings. The van der Waals surface area contributed by atoms with Gasteiger partial charge in [0.05, 0.1) is 17.3 Å². The summed E-state index contributed by atoms with van der Waals surface area (Å²) in [6.07, 6.45) is 2.96. The summed E-state index contributed by atoms with van der Waals surface area (Å²) < 4.78 is 0.816. The van der Waals surface area contributed by atoms with Crippen LogP contribution in [0.2, 0.25) is 0 Å². The summed E-state index contributed by atoms with van der Waals surface area (Å²) in [6, 6.07) is 5.80. The highest BCUT2D eigenvalue weighted by Crippen LogP contribution is 2.34. The summed E-state index contributed by atoms with van der Waals surface area (Å²) in [5, 5.41) is 9.46. The van der Waals surface area contributed by atoms with Crippen LogP contribution in [-0.4, -0.2) is 16.2 Å². The van der Waals surface area contributed by atoms with Crippen LogP contribution in [0, 0.1) is 0 Å². The molecule has 3 nitrogen and oxygen atoms in total. The van der Waals surface area contributed by atoms with Gasteiger partial charge in [-0.05, 0) is 53.7 Å². The van der Waals surface area contributed by atoms with E-state index < -0.39 is 0 Å². The van der Waals surface area contributed by atoms with E-state index in [1.807, 2.05) is 18.2 Å². The van der Waals surface area contributed by atoms with E-state index >= 15 is 0 Å². The Kier molecular flexibility index (Phi) is 3.09. The van der Waals surface area contributed by atoms with E-state index in [2.05, 4.69) is 20.9 Å². The highest BCUT2D eigenvalue weighted by Gasteiger charge is 2.33. The zero-order chi connectivity index (χ0) is 10.9. The molecule has 0 radical (unpaired) electrons. The van der Waals surface area contributed by atoms with Gasteiger partial charge in [0, 0.05) is 0 Å². The van der Waals surface area contributed by atoms with Crippen molar-refractivity contribution < 1.29 is 5.11 Å². The van der Waals surface area contributed by atoms with E-state index in [1.54, 1.807) is 0 Å². The fraction of sp³-hybridized carbons (Fsp3) is 0.545. The molecule has 0 unspecified atom stereocenters. The van der Waals surface area contributed by atoms with Gasteiger partial charge in [-0.25, -0.2) is 4.98 Å². The van der Waals surface area contributed by atoms with Gasteiger partial charge in [0.15, 0.2) is 0 Å². The monoisotopic (exact) mass is 270 g/mol. The van der Waals surface area contributed by atoms with Crippen LogP contribution in [-0.2, 0) is 5.54 Å². The van der Waals surface area contributed by atoms with Gasteiger partial charge in [0.25, 0.3) is 0 Å². The van der Waals surface area contributed by atoms with Crippen molar-refractivity contribution in [1.82, 2.24) is 4.98 Å². The standard InChI is InChI=1S/C11H15BrN2O/c12-10-3-1-2-9(14-10)11(13)6-4-8(15)5-7-11/h1-3,8,15H,4-7,13H2. The van der Waals surface area contributed by atoms with Gasteiger partial charge in [0.2, 0.25) is 0 Å². The molecule has 1 aromatic rings. The molecule has 1 heterocycles. The molecule has 1 aliphatic rings. The van der Waals surface area contributed by atoms with Crippen molar-refractivity contribution in [2.75, 3.05) is 0 Å². The Labute approximate surface area is 97.8 Å². The molecule has 1 aliphatic carbocycles. The first kappa shape index (κ1) is 11.0. The summed E-state index contributed by atoms with van der Waals surface area (Å²) in [6.45, 7) is 0. The number of hydrogen-bond donors (Lipinski definition) is 2. The minimum atomic E-state index is -0.358. The molecule has 3 N–H and O–H groups in total. The van der Waals surface area contributed by atoms with Crippen LogP contribution in [0.1, 0.15) is 31.4 Å². The highest BCUT2D eigenvalue weighted by atomic mass is 79.9. The molecule has 0 saturated heterocycles. The predicted molar refractivity (Wildman–Crippen MR) is 62.3 cm³/mol. The van der Waals surface area contributed by atoms with Crippen LogP contribution in [0.25, 0.3) is 0 Å². The molecule has 0 aromatic carbocycles. The average Bonchev–Trinajstić information content (AvgIpc) is 2.23. The smallest absolute Gasteiger partial charge is 0.106 e. The highest BCUT2D eigenvalue weighted by molar-refractivity contribution is 9.10. The van der Waals surface area contributed by atoms with Crippen LogP contribution in [0.5, 0.6) is 0 Å². The summed E-state index contributed by atoms with van der Waals surface area (Å²) in [4.78, 5) is 4.40. The zero-order valence-corrected chi connectivity index (χ0v) is 10.1. The normalized spacial score (nSPS) is 31.5. The van der Waals surface area contributed by atoms with Crippen LogP contribution in [0.3, 0.4) is 0 Å². The van der Waals surface area contributed by atoms with E-state index in [1.165, 1.54) is 0 Å². The maximum absolute atomic E-state index is 9.46. The van der Waals surface area contributed by atoms with Crippen molar-refractivity contribution >= 4 is 15.9 Å². The van der Waals surface area contributed by atoms with Crippen molar-refractivity contribution in [2.24, 2.45) is 5.73 Å². The van der Waals surface area contributed by atoms with Crippen molar-refractivity contribution in [3.05, 3.63) is 28.5 Å². The number of aromatic nitrogens is 1. The molecule has 1 aromatic heterocycles. The molecule has 0 amide bonds. The van der Waals surface area contributed by atoms with Crippen LogP contribution in [0.4, 0.5) is 0 Å². The summed E-state index contributed by atoms with van der Waals surface area (Å²) in [5.74, 6) is 0. The van der Waals surface area contributed by atoms with E-state index in [-0.39, 0.29) is 11.6 Å². The molecule has 4 heteroatoms. The first-order valence-electron chi connectivity index (χ1n) is 5.20. The van der Waals surface area contributed by atoms with Crippen molar-refractivity contribution in [1.29, 1.82) is 0 Å². The van der Waals surface area contributed by atoms with E-state index in [9.17, 15) is 5.11 Å². The number of nitrogens with two attached hydrogens (primary N) is 1. The molecule has 0 spiro atoms. The number of aliphatic hydroxyl groups is 1. The number of pyridine rings is 1. The summed E-state index contributed by atoms with van der Waals surface area (Å²) in [7, 11) is 0. The second-order valence-corrected chi connectivity index (χ2v) is 5.05. The third-order valence-corrected chi connectivity index (χ3v) is 3.51. The minimum Gasteiger partial charge on any atom is -0.393 e. The maximum Gasteiger partial charge on any atom is 0.106 e. The number of rotatable bonds is 1. The van der Waals surface area contributed by atoms with Gasteiger partial charge in [-0.1, -0.05) is 6.07 Å². The molecular formula is C11H15BrN2O. The minimum absolute atomic E-state index is 0.186. The SMILES string of the molecule is NC1(c2cccc(Br)n2)CCC(O)CC1. The predicted octanol–water partition coefficient (Wildman–Crippen LogP) is 1.93. The Morgan fingerprint density at radius 1 is 1.40 bits per heavy atom. The van der Waals surface area contributed by atoms with Gasteiger partial charge in [0.1, 0.15) is 4.60 Å². The Hall–Kier alpha value is -0.450. The molecule has 0 bridgehead atoms. The average molecular weight is 271 g/mol. The van der Waals surface area contributed by atoms with Gasteiger partial charge in [-0.15, -0.1) is 0 Å². The van der Waals surface area contributed by atoms with E-state index in [0.717, 1.165) is 36.0 Å². The lowest BCUT2D eigenvalue weighted by Gasteiger charge is -2.35. The lowest BCUT2D eigenvalue weighted by atomic mass is 9.79. The molecule has 0 aliphatic heterocycles. The van der Waals surface area contributed by atoms with Crippen molar-refractivity contribution in [3.63, 3.8) is 0 Å². The molecule has 15 heavy (non-hydrogen) atoms. The fourth-order valence-corrected chi connectivity index (χ4v) is 2.40. The number of halogens is 1. The molecular weight excluding hydrogens is 256 g/mol. The Bertz CT molecular complexity index is 348. The quantitative estimate of drug-likeness (QED) is 0.767. The maximum atomic E-state index is 9.46.